The van der Waals surface area contributed by atoms with E-state index in [0.29, 0.717) is 12.8 Å². The third kappa shape index (κ3) is 1.43. The van der Waals surface area contributed by atoms with Gasteiger partial charge in [-0.15, -0.1) is 0 Å². The van der Waals surface area contributed by atoms with Crippen LogP contribution in [0.4, 0.5) is 0 Å². The summed E-state index contributed by atoms with van der Waals surface area (Å²) >= 11 is 0. The maximum absolute atomic E-state index is 8.89. The smallest absolute Gasteiger partial charge is 0.101 e. The molecule has 2 atom stereocenters. The van der Waals surface area contributed by atoms with Crippen molar-refractivity contribution in [1.29, 1.82) is 0 Å². The van der Waals surface area contributed by atoms with Gasteiger partial charge in [0.15, 0.2) is 0 Å². The summed E-state index contributed by atoms with van der Waals surface area (Å²) in [7, 11) is 0. The number of aliphatic hydroxyl groups is 3. The van der Waals surface area contributed by atoms with Gasteiger partial charge in [-0.2, -0.15) is 0 Å². The Balaban J connectivity index is 2.58. The first-order chi connectivity index (χ1) is 4.20. The highest BCUT2D eigenvalue weighted by Gasteiger charge is 2.19. The van der Waals surface area contributed by atoms with E-state index in [9.17, 15) is 0 Å². The number of allylic oxidation sites excluding steroid dienone is 1. The van der Waals surface area contributed by atoms with Gasteiger partial charge in [-0.1, -0.05) is 0 Å². The van der Waals surface area contributed by atoms with Gasteiger partial charge in [0.25, 0.3) is 0 Å². The molecule has 0 saturated heterocycles. The molecule has 0 radical (unpaired) electrons. The van der Waals surface area contributed by atoms with Crippen LogP contribution in [0.15, 0.2) is 11.8 Å². The molecule has 0 bridgehead atoms. The van der Waals surface area contributed by atoms with Crippen LogP contribution in [-0.4, -0.2) is 27.5 Å². The third-order valence-corrected chi connectivity index (χ3v) is 1.45. The van der Waals surface area contributed by atoms with E-state index in [0.717, 1.165) is 0 Å². The topological polar surface area (TPSA) is 60.7 Å². The van der Waals surface area contributed by atoms with Crippen LogP contribution in [0, 0.1) is 0 Å². The first-order valence-electron chi connectivity index (χ1n) is 2.96. The Hall–Kier alpha value is -0.540. The predicted octanol–water partition coefficient (Wildman–Crippen LogP) is -0.0561. The number of hydrogen-bond acceptors (Lipinski definition) is 3. The Morgan fingerprint density at radius 3 is 2.56 bits per heavy atom. The zero-order chi connectivity index (χ0) is 6.85. The van der Waals surface area contributed by atoms with Crippen molar-refractivity contribution in [2.75, 3.05) is 0 Å². The van der Waals surface area contributed by atoms with Gasteiger partial charge < -0.3 is 15.3 Å². The Morgan fingerprint density at radius 2 is 2.11 bits per heavy atom. The molecule has 1 rings (SSSR count). The SMILES string of the molecule is OC1=CC(O)C(O)CC1. The highest BCUT2D eigenvalue weighted by atomic mass is 16.3. The van der Waals surface area contributed by atoms with Crippen LogP contribution in [0.1, 0.15) is 12.8 Å². The summed E-state index contributed by atoms with van der Waals surface area (Å²) in [6.45, 7) is 0. The van der Waals surface area contributed by atoms with Crippen LogP contribution in [0.2, 0.25) is 0 Å². The Kier molecular flexibility index (Phi) is 1.73. The number of hydrogen-bond donors (Lipinski definition) is 3. The van der Waals surface area contributed by atoms with Crippen molar-refractivity contribution in [2.45, 2.75) is 25.0 Å². The highest BCUT2D eigenvalue weighted by molar-refractivity contribution is 5.03. The fraction of sp³-hybridized carbons (Fsp3) is 0.667. The van der Waals surface area contributed by atoms with Crippen molar-refractivity contribution >= 4 is 0 Å². The van der Waals surface area contributed by atoms with E-state index in [1.807, 2.05) is 0 Å². The third-order valence-electron chi connectivity index (χ3n) is 1.45. The molecule has 3 nitrogen and oxygen atoms in total. The minimum atomic E-state index is -0.876. The van der Waals surface area contributed by atoms with E-state index in [1.165, 1.54) is 6.08 Å². The minimum Gasteiger partial charge on any atom is -0.513 e. The molecule has 0 aromatic rings. The summed E-state index contributed by atoms with van der Waals surface area (Å²) in [5, 5.41) is 26.5. The van der Waals surface area contributed by atoms with Crippen LogP contribution in [0.25, 0.3) is 0 Å². The largest absolute Gasteiger partial charge is 0.513 e. The molecule has 9 heavy (non-hydrogen) atoms. The quantitative estimate of drug-likeness (QED) is 0.430. The van der Waals surface area contributed by atoms with Gasteiger partial charge in [0.1, 0.15) is 6.10 Å². The van der Waals surface area contributed by atoms with Crippen molar-refractivity contribution in [3.63, 3.8) is 0 Å². The second kappa shape index (κ2) is 2.37. The van der Waals surface area contributed by atoms with E-state index in [4.69, 9.17) is 15.3 Å². The van der Waals surface area contributed by atoms with Gasteiger partial charge in [0.2, 0.25) is 0 Å². The zero-order valence-electron chi connectivity index (χ0n) is 4.99. The molecule has 0 aromatic carbocycles. The molecule has 0 spiro atoms. The van der Waals surface area contributed by atoms with Gasteiger partial charge in [-0.3, -0.25) is 0 Å². The highest BCUT2D eigenvalue weighted by Crippen LogP contribution is 2.15. The number of aliphatic hydroxyl groups excluding tert-OH is 3. The molecule has 0 heterocycles. The summed E-state index contributed by atoms with van der Waals surface area (Å²) in [5.74, 6) is 0.174. The van der Waals surface area contributed by atoms with Gasteiger partial charge in [-0.05, 0) is 12.5 Å². The lowest BCUT2D eigenvalue weighted by molar-refractivity contribution is 0.0312. The molecule has 0 aliphatic heterocycles. The lowest BCUT2D eigenvalue weighted by atomic mass is 10.0. The van der Waals surface area contributed by atoms with Gasteiger partial charge >= 0.3 is 0 Å². The maximum atomic E-state index is 8.89. The average molecular weight is 130 g/mol. The molecular formula is C6H10O3. The lowest BCUT2D eigenvalue weighted by Gasteiger charge is -2.19. The molecule has 3 heteroatoms. The van der Waals surface area contributed by atoms with Crippen LogP contribution < -0.4 is 0 Å². The molecule has 3 N–H and O–H groups in total. The summed E-state index contributed by atoms with van der Waals surface area (Å²) in [5.41, 5.74) is 0. The van der Waals surface area contributed by atoms with Crippen molar-refractivity contribution in [2.24, 2.45) is 0 Å². The zero-order valence-corrected chi connectivity index (χ0v) is 4.99. The Labute approximate surface area is 53.3 Å². The summed E-state index contributed by atoms with van der Waals surface area (Å²) in [4.78, 5) is 0. The van der Waals surface area contributed by atoms with Crippen molar-refractivity contribution in [3.05, 3.63) is 11.8 Å². The van der Waals surface area contributed by atoms with Gasteiger partial charge in [0.05, 0.1) is 11.9 Å². The van der Waals surface area contributed by atoms with Crippen molar-refractivity contribution < 1.29 is 15.3 Å². The second-order valence-electron chi connectivity index (χ2n) is 2.25. The summed E-state index contributed by atoms with van der Waals surface area (Å²) in [6.07, 6.45) is 0.621. The lowest BCUT2D eigenvalue weighted by Crippen LogP contribution is -2.27. The summed E-state index contributed by atoms with van der Waals surface area (Å²) in [6, 6.07) is 0. The molecule has 1 aliphatic carbocycles. The molecular weight excluding hydrogens is 120 g/mol. The van der Waals surface area contributed by atoms with E-state index in [2.05, 4.69) is 0 Å². The average Bonchev–Trinajstić information content (AvgIpc) is 1.80. The fourth-order valence-electron chi connectivity index (χ4n) is 0.858. The Morgan fingerprint density at radius 1 is 1.44 bits per heavy atom. The normalized spacial score (nSPS) is 36.0. The minimum absolute atomic E-state index is 0.174. The fourth-order valence-corrected chi connectivity index (χ4v) is 0.858. The monoisotopic (exact) mass is 130 g/mol. The molecule has 0 fully saturated rings. The summed E-state index contributed by atoms with van der Waals surface area (Å²) < 4.78 is 0. The molecule has 0 saturated carbocycles. The van der Waals surface area contributed by atoms with E-state index in [1.54, 1.807) is 0 Å². The standard InChI is InChI=1S/C6H10O3/c7-4-1-2-5(8)6(9)3-4/h3,5-9H,1-2H2. The van der Waals surface area contributed by atoms with E-state index in [-0.39, 0.29) is 5.76 Å². The van der Waals surface area contributed by atoms with Crippen molar-refractivity contribution in [1.82, 2.24) is 0 Å². The maximum Gasteiger partial charge on any atom is 0.101 e. The second-order valence-corrected chi connectivity index (χ2v) is 2.25. The van der Waals surface area contributed by atoms with Gasteiger partial charge in [0, 0.05) is 6.42 Å². The van der Waals surface area contributed by atoms with Crippen LogP contribution in [0.5, 0.6) is 0 Å². The van der Waals surface area contributed by atoms with E-state index >= 15 is 0 Å². The van der Waals surface area contributed by atoms with Crippen LogP contribution >= 0.6 is 0 Å². The molecule has 1 aliphatic rings. The van der Waals surface area contributed by atoms with Gasteiger partial charge in [-0.25, -0.2) is 0 Å². The molecule has 0 amide bonds. The van der Waals surface area contributed by atoms with Crippen LogP contribution in [0.3, 0.4) is 0 Å². The van der Waals surface area contributed by atoms with Crippen molar-refractivity contribution in [3.8, 4) is 0 Å². The molecule has 52 valence electrons. The predicted molar refractivity (Wildman–Crippen MR) is 32.0 cm³/mol. The first-order valence-corrected chi connectivity index (χ1v) is 2.96. The molecule has 2 unspecified atom stereocenters. The van der Waals surface area contributed by atoms with Crippen LogP contribution in [-0.2, 0) is 0 Å². The first kappa shape index (κ1) is 6.58. The number of rotatable bonds is 0. The van der Waals surface area contributed by atoms with E-state index < -0.39 is 12.2 Å². The molecule has 0 aromatic heterocycles. The Bertz CT molecular complexity index is 130.